The lowest BCUT2D eigenvalue weighted by Crippen LogP contribution is -2.50. The zero-order chi connectivity index (χ0) is 24.0. The fourth-order valence-electron chi connectivity index (χ4n) is 5.21. The van der Waals surface area contributed by atoms with Crippen LogP contribution in [0.25, 0.3) is 0 Å². The van der Waals surface area contributed by atoms with Crippen LogP contribution >= 0.6 is 0 Å². The molecular formula is C31H40N2O. The molecule has 180 valence electrons. The van der Waals surface area contributed by atoms with E-state index in [9.17, 15) is 0 Å². The van der Waals surface area contributed by atoms with Gasteiger partial charge < -0.3 is 15.4 Å². The van der Waals surface area contributed by atoms with Gasteiger partial charge in [0.15, 0.2) is 0 Å². The van der Waals surface area contributed by atoms with Gasteiger partial charge in [0.1, 0.15) is 5.75 Å². The molecule has 0 spiro atoms. The van der Waals surface area contributed by atoms with Crippen molar-refractivity contribution in [2.24, 2.45) is 0 Å². The molecule has 2 unspecified atom stereocenters. The van der Waals surface area contributed by atoms with Crippen LogP contribution in [0.15, 0.2) is 78.9 Å². The van der Waals surface area contributed by atoms with Crippen LogP contribution in [0.5, 0.6) is 5.75 Å². The molecule has 1 fully saturated rings. The van der Waals surface area contributed by atoms with Gasteiger partial charge in [0.05, 0.1) is 7.11 Å². The van der Waals surface area contributed by atoms with Crippen LogP contribution in [-0.2, 0) is 12.0 Å². The van der Waals surface area contributed by atoms with E-state index in [4.69, 9.17) is 4.74 Å². The zero-order valence-electron chi connectivity index (χ0n) is 21.2. The second kappa shape index (κ2) is 11.2. The maximum absolute atomic E-state index is 5.73. The Morgan fingerprint density at radius 1 is 0.912 bits per heavy atom. The fraction of sp³-hybridized carbons (Fsp3) is 0.419. The van der Waals surface area contributed by atoms with Gasteiger partial charge in [-0.05, 0) is 47.6 Å². The summed E-state index contributed by atoms with van der Waals surface area (Å²) in [6.07, 6.45) is 3.61. The highest BCUT2D eigenvalue weighted by molar-refractivity contribution is 5.40. The van der Waals surface area contributed by atoms with Crippen molar-refractivity contribution in [1.29, 1.82) is 0 Å². The Labute approximate surface area is 205 Å². The number of hydrogen-bond donors (Lipinski definition) is 2. The van der Waals surface area contributed by atoms with Crippen molar-refractivity contribution in [3.8, 4) is 5.75 Å². The molecule has 1 saturated heterocycles. The van der Waals surface area contributed by atoms with Gasteiger partial charge in [-0.25, -0.2) is 0 Å². The monoisotopic (exact) mass is 456 g/mol. The lowest BCUT2D eigenvalue weighted by atomic mass is 9.81. The van der Waals surface area contributed by atoms with E-state index in [-0.39, 0.29) is 5.41 Å². The van der Waals surface area contributed by atoms with Crippen molar-refractivity contribution in [3.63, 3.8) is 0 Å². The molecule has 0 saturated carbocycles. The topological polar surface area (TPSA) is 33.3 Å². The lowest BCUT2D eigenvalue weighted by Gasteiger charge is -2.35. The largest absolute Gasteiger partial charge is 0.496 e. The molecule has 3 aromatic carbocycles. The van der Waals surface area contributed by atoms with Crippen LogP contribution in [0, 0.1) is 0 Å². The highest BCUT2D eigenvalue weighted by Gasteiger charge is 2.32. The first kappa shape index (κ1) is 24.5. The molecule has 0 amide bonds. The van der Waals surface area contributed by atoms with Crippen LogP contribution in [0.4, 0.5) is 0 Å². The first-order valence-corrected chi connectivity index (χ1v) is 12.7. The van der Waals surface area contributed by atoms with Gasteiger partial charge in [-0.15, -0.1) is 0 Å². The van der Waals surface area contributed by atoms with Crippen molar-refractivity contribution in [3.05, 3.63) is 101 Å². The Morgan fingerprint density at radius 2 is 1.56 bits per heavy atom. The van der Waals surface area contributed by atoms with Crippen molar-refractivity contribution in [2.45, 2.75) is 70.0 Å². The van der Waals surface area contributed by atoms with Gasteiger partial charge in [-0.3, -0.25) is 0 Å². The number of methoxy groups -OCH3 is 1. The van der Waals surface area contributed by atoms with E-state index in [1.165, 1.54) is 35.1 Å². The molecule has 0 aliphatic carbocycles. The summed E-state index contributed by atoms with van der Waals surface area (Å²) in [4.78, 5) is 0. The Balaban J connectivity index is 1.64. The Kier molecular flexibility index (Phi) is 8.07. The van der Waals surface area contributed by atoms with Gasteiger partial charge in [-0.1, -0.05) is 100.0 Å². The van der Waals surface area contributed by atoms with E-state index < -0.39 is 0 Å². The van der Waals surface area contributed by atoms with Crippen molar-refractivity contribution >= 4 is 0 Å². The summed E-state index contributed by atoms with van der Waals surface area (Å²) in [5.74, 6) is 1.25. The maximum Gasteiger partial charge on any atom is 0.123 e. The first-order chi connectivity index (χ1) is 16.5. The van der Waals surface area contributed by atoms with Gasteiger partial charge in [0, 0.05) is 30.1 Å². The number of rotatable bonds is 7. The third-order valence-corrected chi connectivity index (χ3v) is 7.13. The molecule has 0 aromatic heterocycles. The third-order valence-electron chi connectivity index (χ3n) is 7.13. The van der Waals surface area contributed by atoms with Crippen molar-refractivity contribution in [1.82, 2.24) is 10.6 Å². The molecule has 3 heteroatoms. The fourth-order valence-corrected chi connectivity index (χ4v) is 5.21. The maximum atomic E-state index is 5.73. The molecule has 0 bridgehead atoms. The van der Waals surface area contributed by atoms with Crippen LogP contribution < -0.4 is 15.4 Å². The van der Waals surface area contributed by atoms with Gasteiger partial charge in [0.25, 0.3) is 0 Å². The number of benzene rings is 3. The number of hydrogen-bond acceptors (Lipinski definition) is 3. The Morgan fingerprint density at radius 3 is 2.15 bits per heavy atom. The minimum atomic E-state index is 0.110. The predicted molar refractivity (Wildman–Crippen MR) is 143 cm³/mol. The SMILES string of the molecule is COc1ccc(C(C)(C)C)cc1CNC1CCCCNC1C(c1ccccc1)c1ccccc1. The molecule has 34 heavy (non-hydrogen) atoms. The molecule has 1 heterocycles. The van der Waals surface area contributed by atoms with E-state index in [0.29, 0.717) is 18.0 Å². The molecule has 3 aromatic rings. The van der Waals surface area contributed by atoms with E-state index >= 15 is 0 Å². The average molecular weight is 457 g/mol. The molecule has 1 aliphatic rings. The summed E-state index contributed by atoms with van der Waals surface area (Å²) >= 11 is 0. The molecule has 4 rings (SSSR count). The minimum Gasteiger partial charge on any atom is -0.496 e. The second-order valence-electron chi connectivity index (χ2n) is 10.5. The highest BCUT2D eigenvalue weighted by Crippen LogP contribution is 2.33. The van der Waals surface area contributed by atoms with E-state index in [1.54, 1.807) is 7.11 Å². The summed E-state index contributed by atoms with van der Waals surface area (Å²) in [5.41, 5.74) is 5.42. The lowest BCUT2D eigenvalue weighted by molar-refractivity contribution is 0.344. The van der Waals surface area contributed by atoms with Gasteiger partial charge in [0.2, 0.25) is 0 Å². The van der Waals surface area contributed by atoms with Gasteiger partial charge in [-0.2, -0.15) is 0 Å². The van der Waals surface area contributed by atoms with Gasteiger partial charge >= 0.3 is 0 Å². The molecule has 2 N–H and O–H groups in total. The summed E-state index contributed by atoms with van der Waals surface area (Å²) < 4.78 is 5.73. The van der Waals surface area contributed by atoms with Crippen LogP contribution in [0.2, 0.25) is 0 Å². The predicted octanol–water partition coefficient (Wildman–Crippen LogP) is 6.43. The van der Waals surface area contributed by atoms with Crippen LogP contribution in [0.3, 0.4) is 0 Å². The van der Waals surface area contributed by atoms with Crippen molar-refractivity contribution < 1.29 is 4.74 Å². The summed E-state index contributed by atoms with van der Waals surface area (Å²) in [5, 5.41) is 7.89. The van der Waals surface area contributed by atoms with Crippen molar-refractivity contribution in [2.75, 3.05) is 13.7 Å². The smallest absolute Gasteiger partial charge is 0.123 e. The van der Waals surface area contributed by atoms with Crippen LogP contribution in [-0.4, -0.2) is 25.7 Å². The first-order valence-electron chi connectivity index (χ1n) is 12.7. The average Bonchev–Trinajstić information content (AvgIpc) is 3.09. The Hall–Kier alpha value is -2.62. The minimum absolute atomic E-state index is 0.110. The van der Waals surface area contributed by atoms with E-state index in [1.807, 2.05) is 0 Å². The quantitative estimate of drug-likeness (QED) is 0.430. The number of ether oxygens (including phenoxy) is 1. The number of nitrogens with one attached hydrogen (secondary N) is 2. The molecule has 1 aliphatic heterocycles. The third kappa shape index (κ3) is 5.89. The standard InChI is InChI=1S/C31H40N2O/c1-31(2,3)26-18-19-28(34-4)25(21-26)22-33-27-17-11-12-20-32-30(27)29(23-13-7-5-8-14-23)24-15-9-6-10-16-24/h5-10,13-16,18-19,21,27,29-30,32-33H,11-12,17,20,22H2,1-4H3. The summed E-state index contributed by atoms with van der Waals surface area (Å²) in [6, 6.07) is 29.3. The zero-order valence-corrected chi connectivity index (χ0v) is 21.2. The molecule has 0 radical (unpaired) electrons. The summed E-state index contributed by atoms with van der Waals surface area (Å²) in [6.45, 7) is 8.65. The van der Waals surface area contributed by atoms with Crippen LogP contribution in [0.1, 0.15) is 68.2 Å². The normalized spacial score (nSPS) is 19.1. The summed E-state index contributed by atoms with van der Waals surface area (Å²) in [7, 11) is 1.77. The molecule has 3 nitrogen and oxygen atoms in total. The van der Waals surface area contributed by atoms with E-state index in [2.05, 4.69) is 110 Å². The van der Waals surface area contributed by atoms with E-state index in [0.717, 1.165) is 25.3 Å². The highest BCUT2D eigenvalue weighted by atomic mass is 16.5. The molecule has 2 atom stereocenters. The Bertz CT molecular complexity index is 987. The molecular weight excluding hydrogens is 416 g/mol. The second-order valence-corrected chi connectivity index (χ2v) is 10.5.